The fraction of sp³-hybridized carbons (Fsp3) is 1.00. The molecule has 0 radical (unpaired) electrons. The second kappa shape index (κ2) is 4.63. The van der Waals surface area contributed by atoms with E-state index in [9.17, 15) is 43.2 Å². The van der Waals surface area contributed by atoms with Gasteiger partial charge in [-0.25, -0.2) is 16.8 Å². The van der Waals surface area contributed by atoms with E-state index in [1.807, 2.05) is 0 Å². The normalized spacial score (nSPS) is 14.4. The summed E-state index contributed by atoms with van der Waals surface area (Å²) in [5.74, 6) is 0. The van der Waals surface area contributed by atoms with Gasteiger partial charge in [-0.2, -0.15) is 36.2 Å². The van der Waals surface area contributed by atoms with Crippen molar-refractivity contribution >= 4 is 29.9 Å². The van der Waals surface area contributed by atoms with Crippen LogP contribution in [0.1, 0.15) is 0 Å². The van der Waals surface area contributed by atoms with Crippen LogP contribution in [0.2, 0.25) is 0 Å². The van der Waals surface area contributed by atoms with Crippen molar-refractivity contribution in [3.05, 3.63) is 0 Å². The van der Waals surface area contributed by atoms with Crippen molar-refractivity contribution < 1.29 is 43.2 Å². The summed E-state index contributed by atoms with van der Waals surface area (Å²) in [5, 5.41) is 0. The summed E-state index contributed by atoms with van der Waals surface area (Å²) in [4.78, 5) is 0. The highest BCUT2D eigenvalue weighted by atomic mass is 32.3. The van der Waals surface area contributed by atoms with E-state index in [0.29, 0.717) is 0 Å². The number of rotatable bonds is 2. The van der Waals surface area contributed by atoms with Crippen molar-refractivity contribution in [1.29, 1.82) is 0 Å². The Hall–Kier alpha value is -0.130. The SMILES string of the molecule is O=S(=O)(NS(=O)(=O)C(F)(F)F)C(F)(F)F.P. The van der Waals surface area contributed by atoms with E-state index in [4.69, 9.17) is 0 Å². The third-order valence-corrected chi connectivity index (χ3v) is 3.80. The van der Waals surface area contributed by atoms with Crippen LogP contribution in [-0.2, 0) is 20.0 Å². The molecule has 0 aromatic carbocycles. The molecule has 0 aromatic heterocycles. The second-order valence-electron chi connectivity index (χ2n) is 1.98. The van der Waals surface area contributed by atoms with Gasteiger partial charge in [-0.1, -0.05) is 4.13 Å². The number of halogens is 6. The van der Waals surface area contributed by atoms with E-state index in [1.54, 1.807) is 0 Å². The van der Waals surface area contributed by atoms with Gasteiger partial charge in [0.25, 0.3) is 0 Å². The van der Waals surface area contributed by atoms with E-state index >= 15 is 0 Å². The van der Waals surface area contributed by atoms with Crippen LogP contribution in [0.3, 0.4) is 0 Å². The second-order valence-corrected chi connectivity index (χ2v) is 5.59. The Bertz CT molecular complexity index is 390. The van der Waals surface area contributed by atoms with Crippen molar-refractivity contribution in [2.75, 3.05) is 0 Å². The van der Waals surface area contributed by atoms with Crippen LogP contribution in [0, 0.1) is 0 Å². The molecule has 0 spiro atoms. The fourth-order valence-corrected chi connectivity index (χ4v) is 2.15. The van der Waals surface area contributed by atoms with Crippen LogP contribution in [0.5, 0.6) is 0 Å². The molecule has 0 aliphatic carbocycles. The van der Waals surface area contributed by atoms with Gasteiger partial charge in [-0.15, -0.1) is 0 Å². The Kier molecular flexibility index (Phi) is 5.27. The first-order valence-electron chi connectivity index (χ1n) is 2.62. The van der Waals surface area contributed by atoms with E-state index in [2.05, 4.69) is 0 Å². The molecular formula is C2H4F6NO4PS2. The number of hydrogen-bond acceptors (Lipinski definition) is 4. The first kappa shape index (κ1) is 18.2. The Balaban J connectivity index is 0. The Morgan fingerprint density at radius 3 is 1.00 bits per heavy atom. The topological polar surface area (TPSA) is 80.3 Å². The largest absolute Gasteiger partial charge is 0.512 e. The third kappa shape index (κ3) is 4.03. The molecule has 14 heteroatoms. The number of sulfonamides is 2. The first-order valence-corrected chi connectivity index (χ1v) is 5.58. The zero-order valence-corrected chi connectivity index (χ0v) is 9.97. The van der Waals surface area contributed by atoms with Gasteiger partial charge in [-0.3, -0.25) is 0 Å². The van der Waals surface area contributed by atoms with Crippen LogP contribution in [0.25, 0.3) is 0 Å². The molecular weight excluding hydrogens is 311 g/mol. The summed E-state index contributed by atoms with van der Waals surface area (Å²) in [6, 6.07) is 0. The predicted molar refractivity (Wildman–Crippen MR) is 44.2 cm³/mol. The molecule has 0 rings (SSSR count). The molecule has 5 nitrogen and oxygen atoms in total. The third-order valence-electron chi connectivity index (χ3n) is 0.829. The smallest absolute Gasteiger partial charge is 0.202 e. The Morgan fingerprint density at radius 2 is 0.875 bits per heavy atom. The first-order chi connectivity index (χ1) is 6.21. The van der Waals surface area contributed by atoms with Crippen LogP contribution < -0.4 is 4.13 Å². The maximum absolute atomic E-state index is 11.5. The van der Waals surface area contributed by atoms with Gasteiger partial charge in [0.1, 0.15) is 0 Å². The van der Waals surface area contributed by atoms with Gasteiger partial charge in [0.15, 0.2) is 0 Å². The lowest BCUT2D eigenvalue weighted by atomic mass is 11.6. The van der Waals surface area contributed by atoms with E-state index in [-0.39, 0.29) is 9.90 Å². The molecule has 0 aliphatic rings. The summed E-state index contributed by atoms with van der Waals surface area (Å²) in [5.41, 5.74) is -12.3. The van der Waals surface area contributed by atoms with Crippen LogP contribution in [0.15, 0.2) is 0 Å². The highest BCUT2D eigenvalue weighted by molar-refractivity contribution is 8.05. The number of hydrogen-bond donors (Lipinski definition) is 1. The zero-order chi connectivity index (χ0) is 12.7. The average molecular weight is 315 g/mol. The van der Waals surface area contributed by atoms with Crippen LogP contribution in [0.4, 0.5) is 26.3 Å². The highest BCUT2D eigenvalue weighted by Crippen LogP contribution is 2.27. The summed E-state index contributed by atoms with van der Waals surface area (Å²) in [7, 11) is -13.2. The van der Waals surface area contributed by atoms with Crippen molar-refractivity contribution in [2.45, 2.75) is 11.0 Å². The molecule has 100 valence electrons. The van der Waals surface area contributed by atoms with Gasteiger partial charge in [0.05, 0.1) is 0 Å². The summed E-state index contributed by atoms with van der Waals surface area (Å²) in [6.07, 6.45) is 0. The van der Waals surface area contributed by atoms with Crippen molar-refractivity contribution in [2.24, 2.45) is 0 Å². The summed E-state index contributed by atoms with van der Waals surface area (Å²) < 4.78 is 108. The lowest BCUT2D eigenvalue weighted by molar-refractivity contribution is -0.0476. The lowest BCUT2D eigenvalue weighted by Crippen LogP contribution is -2.45. The Labute approximate surface area is 88.9 Å². The maximum Gasteiger partial charge on any atom is 0.512 e. The molecule has 0 saturated carbocycles. The minimum atomic E-state index is -6.60. The maximum atomic E-state index is 11.5. The van der Waals surface area contributed by atoms with Gasteiger partial charge >= 0.3 is 31.1 Å². The highest BCUT2D eigenvalue weighted by Gasteiger charge is 2.55. The number of nitrogens with one attached hydrogen (secondary N) is 1. The molecule has 0 saturated heterocycles. The Morgan fingerprint density at radius 1 is 0.688 bits per heavy atom. The molecule has 0 aromatic rings. The molecule has 0 aliphatic heterocycles. The molecule has 0 fully saturated rings. The van der Waals surface area contributed by atoms with E-state index < -0.39 is 35.2 Å². The summed E-state index contributed by atoms with van der Waals surface area (Å²) >= 11 is 0. The van der Waals surface area contributed by atoms with Crippen molar-refractivity contribution in [3.63, 3.8) is 0 Å². The molecule has 0 heterocycles. The van der Waals surface area contributed by atoms with Gasteiger partial charge in [0.2, 0.25) is 0 Å². The lowest BCUT2D eigenvalue weighted by Gasteiger charge is -2.11. The van der Waals surface area contributed by atoms with Gasteiger partial charge in [0, 0.05) is 0 Å². The molecule has 1 unspecified atom stereocenters. The molecule has 0 amide bonds. The standard InChI is InChI=1S/C2HF6NO4S2.H3P/c3-1(4,5)14(10,11)9-15(12,13)2(6,7)8;/h9H;1H3. The zero-order valence-electron chi connectivity index (χ0n) is 6.92. The minimum Gasteiger partial charge on any atom is -0.202 e. The van der Waals surface area contributed by atoms with Crippen LogP contribution in [-0.4, -0.2) is 27.9 Å². The molecule has 16 heavy (non-hydrogen) atoms. The molecule has 0 bridgehead atoms. The van der Waals surface area contributed by atoms with E-state index in [0.717, 1.165) is 0 Å². The van der Waals surface area contributed by atoms with Crippen molar-refractivity contribution in [3.8, 4) is 0 Å². The van der Waals surface area contributed by atoms with Crippen molar-refractivity contribution in [1.82, 2.24) is 4.13 Å². The predicted octanol–water partition coefficient (Wildman–Crippen LogP) is 0.333. The monoisotopic (exact) mass is 315 g/mol. The summed E-state index contributed by atoms with van der Waals surface area (Å²) in [6.45, 7) is 0. The van der Waals surface area contributed by atoms with Gasteiger partial charge < -0.3 is 0 Å². The quantitative estimate of drug-likeness (QED) is 0.588. The number of alkyl halides is 6. The van der Waals surface area contributed by atoms with Crippen LogP contribution >= 0.6 is 9.90 Å². The molecule has 1 atom stereocenters. The molecule has 1 N–H and O–H groups in total. The minimum absolute atomic E-state index is 0. The van der Waals surface area contributed by atoms with Gasteiger partial charge in [-0.05, 0) is 0 Å². The average Bonchev–Trinajstić information content (AvgIpc) is 1.77. The fourth-order valence-electron chi connectivity index (χ4n) is 0.239. The van der Waals surface area contributed by atoms with E-state index in [1.165, 1.54) is 0 Å².